The molecule has 0 saturated heterocycles. The van der Waals surface area contributed by atoms with Crippen molar-refractivity contribution in [3.05, 3.63) is 29.3 Å². The van der Waals surface area contributed by atoms with Crippen molar-refractivity contribution < 1.29 is 9.59 Å². The number of likely N-dealkylation sites (N-methyl/N-ethyl adjacent to an activating group) is 1. The quantitative estimate of drug-likeness (QED) is 0.828. The third-order valence-electron chi connectivity index (χ3n) is 4.42. The van der Waals surface area contributed by atoms with Gasteiger partial charge in [-0.1, -0.05) is 17.7 Å². The topological polar surface area (TPSA) is 61.4 Å². The van der Waals surface area contributed by atoms with E-state index in [1.165, 1.54) is 0 Å². The molecule has 1 aliphatic carbocycles. The van der Waals surface area contributed by atoms with E-state index < -0.39 is 0 Å². The van der Waals surface area contributed by atoms with Gasteiger partial charge in [0.05, 0.1) is 0 Å². The lowest BCUT2D eigenvalue weighted by Crippen LogP contribution is -2.38. The fourth-order valence-electron chi connectivity index (χ4n) is 2.98. The number of nitrogens with zero attached hydrogens (tertiary/aromatic N) is 1. The van der Waals surface area contributed by atoms with E-state index in [2.05, 4.69) is 10.6 Å². The van der Waals surface area contributed by atoms with Crippen LogP contribution < -0.4 is 10.6 Å². The van der Waals surface area contributed by atoms with Crippen LogP contribution in [0.4, 0.5) is 5.69 Å². The van der Waals surface area contributed by atoms with Crippen LogP contribution in [0, 0.1) is 11.8 Å². The molecule has 0 bridgehead atoms. The van der Waals surface area contributed by atoms with Crippen LogP contribution in [0.5, 0.6) is 0 Å². The highest BCUT2D eigenvalue weighted by Gasteiger charge is 2.29. The second kappa shape index (κ2) is 9.04. The number of carbonyl (C=O) groups is 2. The SMILES string of the molecule is CN(C)CCNC(=O)C1CCC(C(=O)Nc2cccc(Cl)c2)CC1. The number of nitrogens with one attached hydrogen (secondary N) is 2. The molecule has 1 aromatic rings. The third kappa shape index (κ3) is 5.80. The highest BCUT2D eigenvalue weighted by atomic mass is 35.5. The maximum absolute atomic E-state index is 12.3. The van der Waals surface area contributed by atoms with Crippen LogP contribution in [0.2, 0.25) is 5.02 Å². The van der Waals surface area contributed by atoms with Crippen molar-refractivity contribution in [3.63, 3.8) is 0 Å². The second-order valence-electron chi connectivity index (χ2n) is 6.64. The summed E-state index contributed by atoms with van der Waals surface area (Å²) >= 11 is 5.93. The summed E-state index contributed by atoms with van der Waals surface area (Å²) in [4.78, 5) is 26.5. The predicted molar refractivity (Wildman–Crippen MR) is 97.1 cm³/mol. The first kappa shape index (κ1) is 18.7. The third-order valence-corrected chi connectivity index (χ3v) is 4.65. The molecule has 1 aliphatic rings. The largest absolute Gasteiger partial charge is 0.355 e. The molecule has 0 aliphatic heterocycles. The van der Waals surface area contributed by atoms with Gasteiger partial charge in [0.15, 0.2) is 0 Å². The van der Waals surface area contributed by atoms with Crippen LogP contribution in [0.1, 0.15) is 25.7 Å². The van der Waals surface area contributed by atoms with Crippen LogP contribution in [0.25, 0.3) is 0 Å². The van der Waals surface area contributed by atoms with Gasteiger partial charge in [-0.25, -0.2) is 0 Å². The maximum Gasteiger partial charge on any atom is 0.227 e. The molecule has 24 heavy (non-hydrogen) atoms. The van der Waals surface area contributed by atoms with E-state index in [-0.39, 0.29) is 23.7 Å². The zero-order chi connectivity index (χ0) is 17.5. The molecule has 0 heterocycles. The van der Waals surface area contributed by atoms with Gasteiger partial charge in [-0.15, -0.1) is 0 Å². The number of anilines is 1. The molecule has 1 aromatic carbocycles. The summed E-state index contributed by atoms with van der Waals surface area (Å²) in [6.45, 7) is 1.50. The monoisotopic (exact) mass is 351 g/mol. The minimum absolute atomic E-state index is 0.0173. The van der Waals surface area contributed by atoms with E-state index in [1.54, 1.807) is 12.1 Å². The lowest BCUT2D eigenvalue weighted by molar-refractivity contribution is -0.128. The minimum Gasteiger partial charge on any atom is -0.355 e. The fourth-order valence-corrected chi connectivity index (χ4v) is 3.17. The Labute approximate surface area is 148 Å². The van der Waals surface area contributed by atoms with Crippen LogP contribution in [0.3, 0.4) is 0 Å². The normalized spacial score (nSPS) is 20.7. The summed E-state index contributed by atoms with van der Waals surface area (Å²) in [6.07, 6.45) is 3.03. The van der Waals surface area contributed by atoms with E-state index in [4.69, 9.17) is 11.6 Å². The molecule has 132 valence electrons. The van der Waals surface area contributed by atoms with Crippen molar-refractivity contribution in [1.82, 2.24) is 10.2 Å². The average molecular weight is 352 g/mol. The molecule has 2 rings (SSSR count). The van der Waals surface area contributed by atoms with Gasteiger partial charge in [-0.2, -0.15) is 0 Å². The number of halogens is 1. The van der Waals surface area contributed by atoms with Crippen LogP contribution >= 0.6 is 11.6 Å². The lowest BCUT2D eigenvalue weighted by atomic mass is 9.81. The first-order valence-corrected chi connectivity index (χ1v) is 8.82. The molecular formula is C18H26ClN3O2. The van der Waals surface area contributed by atoms with Gasteiger partial charge in [0.2, 0.25) is 11.8 Å². The Kier molecular flexibility index (Phi) is 7.06. The minimum atomic E-state index is -0.0326. The van der Waals surface area contributed by atoms with E-state index >= 15 is 0 Å². The summed E-state index contributed by atoms with van der Waals surface area (Å²) in [7, 11) is 3.96. The number of benzene rings is 1. The molecule has 0 atom stereocenters. The molecule has 0 aromatic heterocycles. The summed E-state index contributed by atoms with van der Waals surface area (Å²) < 4.78 is 0. The Hall–Kier alpha value is -1.59. The van der Waals surface area contributed by atoms with Crippen molar-refractivity contribution in [2.75, 3.05) is 32.5 Å². The lowest BCUT2D eigenvalue weighted by Gasteiger charge is -2.27. The van der Waals surface area contributed by atoms with Crippen molar-refractivity contribution in [2.45, 2.75) is 25.7 Å². The first-order chi connectivity index (χ1) is 11.5. The summed E-state index contributed by atoms with van der Waals surface area (Å²) in [5.41, 5.74) is 0.719. The Balaban J connectivity index is 1.75. The highest BCUT2D eigenvalue weighted by molar-refractivity contribution is 6.30. The van der Waals surface area contributed by atoms with E-state index in [1.807, 2.05) is 31.1 Å². The first-order valence-electron chi connectivity index (χ1n) is 8.44. The fraction of sp³-hybridized carbons (Fsp3) is 0.556. The van der Waals surface area contributed by atoms with Gasteiger partial charge in [0.25, 0.3) is 0 Å². The smallest absolute Gasteiger partial charge is 0.227 e. The van der Waals surface area contributed by atoms with Gasteiger partial charge >= 0.3 is 0 Å². The maximum atomic E-state index is 12.3. The van der Waals surface area contributed by atoms with E-state index in [9.17, 15) is 9.59 Å². The summed E-state index contributed by atoms with van der Waals surface area (Å²) in [5.74, 6) is 0.131. The molecule has 6 heteroatoms. The van der Waals surface area contributed by atoms with Crippen LogP contribution in [0.15, 0.2) is 24.3 Å². The Morgan fingerprint density at radius 2 is 1.75 bits per heavy atom. The molecule has 2 amide bonds. The molecule has 0 radical (unpaired) electrons. The Morgan fingerprint density at radius 3 is 2.33 bits per heavy atom. The van der Waals surface area contributed by atoms with Crippen LogP contribution in [-0.4, -0.2) is 43.9 Å². The van der Waals surface area contributed by atoms with Crippen molar-refractivity contribution in [1.29, 1.82) is 0 Å². The molecule has 0 spiro atoms. The number of carbonyl (C=O) groups excluding carboxylic acids is 2. The molecule has 1 fully saturated rings. The number of hydrogen-bond acceptors (Lipinski definition) is 3. The van der Waals surface area contributed by atoms with Gasteiger partial charge in [-0.3, -0.25) is 9.59 Å². The van der Waals surface area contributed by atoms with Gasteiger partial charge in [-0.05, 0) is 58.0 Å². The van der Waals surface area contributed by atoms with Crippen molar-refractivity contribution in [3.8, 4) is 0 Å². The van der Waals surface area contributed by atoms with Crippen molar-refractivity contribution in [2.24, 2.45) is 11.8 Å². The van der Waals surface area contributed by atoms with E-state index in [0.29, 0.717) is 11.6 Å². The molecular weight excluding hydrogens is 326 g/mol. The Bertz CT molecular complexity index is 569. The standard InChI is InChI=1S/C18H26ClN3O2/c1-22(2)11-10-20-17(23)13-6-8-14(9-7-13)18(24)21-16-5-3-4-15(19)12-16/h3-5,12-14H,6-11H2,1-2H3,(H,20,23)(H,21,24). The molecule has 0 unspecified atom stereocenters. The summed E-state index contributed by atoms with van der Waals surface area (Å²) in [6, 6.07) is 7.15. The van der Waals surface area contributed by atoms with Gasteiger partial charge in [0.1, 0.15) is 0 Å². The van der Waals surface area contributed by atoms with E-state index in [0.717, 1.165) is 37.9 Å². The number of rotatable bonds is 6. The zero-order valence-electron chi connectivity index (χ0n) is 14.3. The Morgan fingerprint density at radius 1 is 1.12 bits per heavy atom. The van der Waals surface area contributed by atoms with Gasteiger partial charge < -0.3 is 15.5 Å². The summed E-state index contributed by atoms with van der Waals surface area (Å²) in [5, 5.41) is 6.49. The number of hydrogen-bond donors (Lipinski definition) is 2. The second-order valence-corrected chi connectivity index (χ2v) is 7.08. The molecule has 1 saturated carbocycles. The number of amides is 2. The average Bonchev–Trinajstić information content (AvgIpc) is 2.54. The van der Waals surface area contributed by atoms with Crippen molar-refractivity contribution >= 4 is 29.1 Å². The molecule has 2 N–H and O–H groups in total. The molecule has 5 nitrogen and oxygen atoms in total. The van der Waals surface area contributed by atoms with Crippen LogP contribution in [-0.2, 0) is 9.59 Å². The van der Waals surface area contributed by atoms with Gasteiger partial charge in [0, 0.05) is 35.6 Å². The highest BCUT2D eigenvalue weighted by Crippen LogP contribution is 2.30. The zero-order valence-corrected chi connectivity index (χ0v) is 15.1. The predicted octanol–water partition coefficient (Wildman–Crippen LogP) is 2.76.